The molecule has 0 aliphatic carbocycles. The van der Waals surface area contributed by atoms with Crippen molar-refractivity contribution in [2.24, 2.45) is 10.9 Å². The molecule has 110 valence electrons. The van der Waals surface area contributed by atoms with Crippen molar-refractivity contribution in [3.05, 3.63) is 23.8 Å². The van der Waals surface area contributed by atoms with Gasteiger partial charge in [-0.15, -0.1) is 0 Å². The number of nitrogens with one attached hydrogen (secondary N) is 1. The lowest BCUT2D eigenvalue weighted by Crippen LogP contribution is -2.17. The highest BCUT2D eigenvalue weighted by molar-refractivity contribution is 8.15. The van der Waals surface area contributed by atoms with E-state index in [2.05, 4.69) is 37.1 Å². The van der Waals surface area contributed by atoms with Gasteiger partial charge in [-0.25, -0.2) is 0 Å². The number of rotatable bonds is 5. The quantitative estimate of drug-likeness (QED) is 0.877. The molecule has 1 aromatic carbocycles. The second-order valence-corrected chi connectivity index (χ2v) is 6.42. The van der Waals surface area contributed by atoms with Crippen LogP contribution in [0.2, 0.25) is 0 Å². The molecule has 0 bridgehead atoms. The lowest BCUT2D eigenvalue weighted by molar-refractivity contribution is 0.412. The summed E-state index contributed by atoms with van der Waals surface area (Å²) in [6, 6.07) is 6.14. The van der Waals surface area contributed by atoms with Gasteiger partial charge in [-0.05, 0) is 36.6 Å². The van der Waals surface area contributed by atoms with E-state index in [1.165, 1.54) is 12.8 Å². The third kappa shape index (κ3) is 3.48. The predicted octanol–water partition coefficient (Wildman–Crippen LogP) is 4.32. The van der Waals surface area contributed by atoms with Gasteiger partial charge in [-0.2, -0.15) is 0 Å². The Labute approximate surface area is 126 Å². The van der Waals surface area contributed by atoms with Crippen LogP contribution in [0.25, 0.3) is 0 Å². The van der Waals surface area contributed by atoms with Crippen molar-refractivity contribution in [1.29, 1.82) is 0 Å². The van der Waals surface area contributed by atoms with Gasteiger partial charge in [0, 0.05) is 10.9 Å². The average molecular weight is 292 g/mol. The molecule has 2 rings (SSSR count). The first-order valence-corrected chi connectivity index (χ1v) is 8.18. The molecule has 1 atom stereocenters. The fourth-order valence-electron chi connectivity index (χ4n) is 2.60. The molecule has 0 spiro atoms. The van der Waals surface area contributed by atoms with Gasteiger partial charge in [0.2, 0.25) is 0 Å². The monoisotopic (exact) mass is 292 g/mol. The second kappa shape index (κ2) is 7.02. The Hall–Kier alpha value is -1.16. The van der Waals surface area contributed by atoms with E-state index in [4.69, 9.17) is 4.74 Å². The minimum atomic E-state index is 0.631. The number of ether oxygens (including phenoxy) is 1. The van der Waals surface area contributed by atoms with Crippen molar-refractivity contribution in [2.45, 2.75) is 38.9 Å². The van der Waals surface area contributed by atoms with Gasteiger partial charge >= 0.3 is 0 Å². The molecule has 1 aliphatic heterocycles. The zero-order chi connectivity index (χ0) is 14.5. The summed E-state index contributed by atoms with van der Waals surface area (Å²) in [6.07, 6.45) is 2.47. The molecule has 0 aromatic heterocycles. The zero-order valence-electron chi connectivity index (χ0n) is 12.8. The molecule has 20 heavy (non-hydrogen) atoms. The van der Waals surface area contributed by atoms with E-state index in [0.29, 0.717) is 5.25 Å². The predicted molar refractivity (Wildman–Crippen MR) is 89.1 cm³/mol. The average Bonchev–Trinajstić information content (AvgIpc) is 2.89. The third-order valence-corrected chi connectivity index (χ3v) is 5.19. The van der Waals surface area contributed by atoms with E-state index in [9.17, 15) is 0 Å². The molecule has 0 fully saturated rings. The van der Waals surface area contributed by atoms with Crippen LogP contribution in [0.5, 0.6) is 5.75 Å². The Bertz CT molecular complexity index is 483. The third-order valence-electron chi connectivity index (χ3n) is 3.90. The van der Waals surface area contributed by atoms with Crippen LogP contribution < -0.4 is 10.1 Å². The molecule has 3 nitrogen and oxygen atoms in total. The first kappa shape index (κ1) is 15.2. The van der Waals surface area contributed by atoms with Crippen LogP contribution in [0.3, 0.4) is 0 Å². The van der Waals surface area contributed by atoms with Crippen LogP contribution in [0.15, 0.2) is 23.2 Å². The highest BCUT2D eigenvalue weighted by Gasteiger charge is 2.25. The molecule has 4 heteroatoms. The Morgan fingerprint density at radius 3 is 2.75 bits per heavy atom. The Balaban J connectivity index is 1.97. The van der Waals surface area contributed by atoms with E-state index < -0.39 is 0 Å². The molecule has 1 aliphatic rings. The smallest absolute Gasteiger partial charge is 0.161 e. The molecule has 1 aromatic rings. The number of aliphatic imine (C=N–C) groups is 1. The summed E-state index contributed by atoms with van der Waals surface area (Å²) in [5, 5.41) is 5.10. The number of methoxy groups -OCH3 is 1. The van der Waals surface area contributed by atoms with Gasteiger partial charge in [0.15, 0.2) is 5.17 Å². The summed E-state index contributed by atoms with van der Waals surface area (Å²) < 4.78 is 5.28. The summed E-state index contributed by atoms with van der Waals surface area (Å²) in [5.74, 6) is 1.69. The number of amidine groups is 1. The number of aryl methyl sites for hydroxylation is 1. The molecular weight excluding hydrogens is 268 g/mol. The molecule has 0 amide bonds. The van der Waals surface area contributed by atoms with E-state index in [-0.39, 0.29) is 0 Å². The van der Waals surface area contributed by atoms with Crippen LogP contribution in [0, 0.1) is 12.8 Å². The van der Waals surface area contributed by atoms with Crippen LogP contribution >= 0.6 is 11.8 Å². The molecule has 0 radical (unpaired) electrons. The lowest BCUT2D eigenvalue weighted by atomic mass is 9.99. The van der Waals surface area contributed by atoms with Crippen LogP contribution in [0.4, 0.5) is 5.69 Å². The maximum absolute atomic E-state index is 5.28. The topological polar surface area (TPSA) is 33.6 Å². The second-order valence-electron chi connectivity index (χ2n) is 5.19. The Morgan fingerprint density at radius 1 is 1.40 bits per heavy atom. The highest BCUT2D eigenvalue weighted by Crippen LogP contribution is 2.32. The molecule has 1 N–H and O–H groups in total. The lowest BCUT2D eigenvalue weighted by Gasteiger charge is -2.18. The van der Waals surface area contributed by atoms with E-state index in [1.807, 2.05) is 23.9 Å². The minimum Gasteiger partial charge on any atom is -0.496 e. The summed E-state index contributed by atoms with van der Waals surface area (Å²) in [7, 11) is 1.70. The fourth-order valence-corrected chi connectivity index (χ4v) is 3.94. The van der Waals surface area contributed by atoms with E-state index in [1.54, 1.807) is 7.11 Å². The number of nitrogens with zero attached hydrogens (tertiary/aromatic N) is 1. The van der Waals surface area contributed by atoms with Gasteiger partial charge in [-0.1, -0.05) is 38.5 Å². The van der Waals surface area contributed by atoms with Crippen molar-refractivity contribution in [1.82, 2.24) is 0 Å². The SMILES string of the molecule is CCC(CC)C1CN=C(Nc2ccc(OC)c(C)c2)S1. The molecular formula is C16H24N2OS. The summed E-state index contributed by atoms with van der Waals surface area (Å²) in [5.41, 5.74) is 2.22. The summed E-state index contributed by atoms with van der Waals surface area (Å²) >= 11 is 1.89. The Morgan fingerprint density at radius 2 is 2.15 bits per heavy atom. The summed E-state index contributed by atoms with van der Waals surface area (Å²) in [4.78, 5) is 4.64. The van der Waals surface area contributed by atoms with Crippen molar-refractivity contribution in [3.8, 4) is 5.75 Å². The zero-order valence-corrected chi connectivity index (χ0v) is 13.6. The van der Waals surface area contributed by atoms with E-state index in [0.717, 1.165) is 34.6 Å². The summed E-state index contributed by atoms with van der Waals surface area (Å²) in [6.45, 7) is 7.54. The molecule has 1 unspecified atom stereocenters. The van der Waals surface area contributed by atoms with Gasteiger partial charge < -0.3 is 10.1 Å². The first-order valence-electron chi connectivity index (χ1n) is 7.30. The Kier molecular flexibility index (Phi) is 5.35. The number of hydrogen-bond donors (Lipinski definition) is 1. The molecule has 0 saturated heterocycles. The number of benzene rings is 1. The standard InChI is InChI=1S/C16H24N2OS/c1-5-12(6-2)15-10-17-16(20-15)18-13-7-8-14(19-4)11(3)9-13/h7-9,12,15H,5-6,10H2,1-4H3,(H,17,18). The van der Waals surface area contributed by atoms with Crippen LogP contribution in [-0.2, 0) is 0 Å². The highest BCUT2D eigenvalue weighted by atomic mass is 32.2. The van der Waals surface area contributed by atoms with Gasteiger partial charge in [-0.3, -0.25) is 4.99 Å². The maximum atomic E-state index is 5.28. The van der Waals surface area contributed by atoms with Gasteiger partial charge in [0.05, 0.1) is 13.7 Å². The number of thioether (sulfide) groups is 1. The number of hydrogen-bond acceptors (Lipinski definition) is 4. The van der Waals surface area contributed by atoms with E-state index >= 15 is 0 Å². The van der Waals surface area contributed by atoms with Crippen molar-refractivity contribution in [3.63, 3.8) is 0 Å². The van der Waals surface area contributed by atoms with Crippen molar-refractivity contribution < 1.29 is 4.74 Å². The minimum absolute atomic E-state index is 0.631. The first-order chi connectivity index (χ1) is 9.67. The number of anilines is 1. The van der Waals surface area contributed by atoms with Crippen molar-refractivity contribution in [2.75, 3.05) is 19.0 Å². The normalized spacial score (nSPS) is 18.2. The largest absolute Gasteiger partial charge is 0.496 e. The maximum Gasteiger partial charge on any atom is 0.161 e. The van der Waals surface area contributed by atoms with Crippen molar-refractivity contribution >= 4 is 22.6 Å². The van der Waals surface area contributed by atoms with Crippen LogP contribution in [0.1, 0.15) is 32.3 Å². The molecule has 1 heterocycles. The van der Waals surface area contributed by atoms with Gasteiger partial charge in [0.1, 0.15) is 5.75 Å². The molecule has 0 saturated carbocycles. The van der Waals surface area contributed by atoms with Gasteiger partial charge in [0.25, 0.3) is 0 Å². The fraction of sp³-hybridized carbons (Fsp3) is 0.562. The van der Waals surface area contributed by atoms with Crippen LogP contribution in [-0.4, -0.2) is 24.1 Å².